The number of benzene rings is 5. The molecule has 3 heterocycles. The molecule has 2 fully saturated rings. The summed E-state index contributed by atoms with van der Waals surface area (Å²) in [5, 5.41) is 16.3. The van der Waals surface area contributed by atoms with E-state index in [1.54, 1.807) is 0 Å². The first-order valence-electron chi connectivity index (χ1n) is 17.6. The van der Waals surface area contributed by atoms with E-state index in [0.717, 1.165) is 36.7 Å². The van der Waals surface area contributed by atoms with Crippen LogP contribution in [0.1, 0.15) is 61.9 Å². The predicted molar refractivity (Wildman–Crippen MR) is 195 cm³/mol. The number of hydrogen-bond donors (Lipinski definition) is 0. The van der Waals surface area contributed by atoms with E-state index in [0.29, 0.717) is 11.8 Å². The van der Waals surface area contributed by atoms with E-state index in [4.69, 9.17) is 19.7 Å². The van der Waals surface area contributed by atoms with Crippen LogP contribution in [0.5, 0.6) is 11.8 Å². The summed E-state index contributed by atoms with van der Waals surface area (Å²) in [6.07, 6.45) is 6.51. The Hall–Kier alpha value is -4.52. The van der Waals surface area contributed by atoms with Crippen molar-refractivity contribution >= 4 is 32.3 Å². The molecule has 0 spiro atoms. The summed E-state index contributed by atoms with van der Waals surface area (Å²) in [6.45, 7) is 2.11. The summed E-state index contributed by atoms with van der Waals surface area (Å²) in [6, 6.07) is 39.0. The van der Waals surface area contributed by atoms with Crippen LogP contribution < -0.4 is 9.47 Å². The molecule has 0 radical (unpaired) electrons. The van der Waals surface area contributed by atoms with Crippen molar-refractivity contribution in [1.29, 1.82) is 0 Å². The lowest BCUT2D eigenvalue weighted by atomic mass is 9.90. The first kappa shape index (κ1) is 30.8. The van der Waals surface area contributed by atoms with Gasteiger partial charge in [0.2, 0.25) is 11.8 Å². The van der Waals surface area contributed by atoms with Gasteiger partial charge in [-0.2, -0.15) is 0 Å². The molecule has 5 aromatic carbocycles. The zero-order valence-corrected chi connectivity index (χ0v) is 28.0. The van der Waals surface area contributed by atoms with E-state index in [9.17, 15) is 0 Å². The van der Waals surface area contributed by atoms with Crippen molar-refractivity contribution in [2.24, 2.45) is 0 Å². The van der Waals surface area contributed by atoms with Crippen LogP contribution in [0, 0.1) is 0 Å². The average molecular weight is 637 g/mol. The predicted octanol–water partition coefficient (Wildman–Crippen LogP) is 9.15. The van der Waals surface area contributed by atoms with Gasteiger partial charge in [-0.1, -0.05) is 110 Å². The molecule has 6 nitrogen and oxygen atoms in total. The van der Waals surface area contributed by atoms with Crippen molar-refractivity contribution in [3.63, 3.8) is 0 Å². The van der Waals surface area contributed by atoms with Crippen LogP contribution in [-0.4, -0.2) is 59.3 Å². The number of fused-ring (bicyclic) bond motifs is 3. The minimum absolute atomic E-state index is 0.204. The van der Waals surface area contributed by atoms with Gasteiger partial charge in [-0.15, -0.1) is 10.2 Å². The van der Waals surface area contributed by atoms with Crippen molar-refractivity contribution in [1.82, 2.24) is 20.0 Å². The second kappa shape index (κ2) is 13.5. The van der Waals surface area contributed by atoms with Crippen LogP contribution in [0.3, 0.4) is 0 Å². The van der Waals surface area contributed by atoms with E-state index in [-0.39, 0.29) is 24.3 Å². The highest BCUT2D eigenvalue weighted by molar-refractivity contribution is 5.91. The summed E-state index contributed by atoms with van der Waals surface area (Å²) in [5.74, 6) is 1.10. The van der Waals surface area contributed by atoms with Crippen LogP contribution in [0.2, 0.25) is 0 Å². The second-order valence-electron chi connectivity index (χ2n) is 13.7. The minimum Gasteiger partial charge on any atom is -0.466 e. The fraction of sp³-hybridized carbons (Fsp3) is 0.333. The number of likely N-dealkylation sites (tertiary alicyclic amines) is 2. The van der Waals surface area contributed by atoms with Crippen LogP contribution in [-0.2, 0) is 0 Å². The number of hydrogen-bond acceptors (Lipinski definition) is 6. The van der Waals surface area contributed by atoms with Gasteiger partial charge in [0.25, 0.3) is 0 Å². The molecule has 4 atom stereocenters. The number of likely N-dealkylation sites (N-methyl/N-ethyl adjacent to an activating group) is 2. The number of nitrogens with zero attached hydrogens (tertiary/aromatic N) is 4. The number of rotatable bonds is 8. The minimum atomic E-state index is -0.204. The molecule has 6 aromatic rings. The standard InChI is InChI=1S/C42H44N4O2/c1-45-27-11-9-25-37(45)39(33-23-13-17-29-15-3-5-19-31(29)33)47-41-35-21-7-8-22-36(35)42(44-43-41)48-40(38-26-10-12-28-46(38)2)34-24-14-18-30-16-4-6-20-32(30)34/h3-8,13-24,37-40H,9-12,25-28H2,1-2H3/t37-,38-,39?,40?/m0/s1. The SMILES string of the molecule is CN1CCCC[C@H]1C(Oc1nnc(OC(c2cccc3ccccc23)[C@@H]2CCCCN2C)c2ccccc12)c1cccc2ccccc12. The average Bonchev–Trinajstić information content (AvgIpc) is 3.14. The molecule has 2 aliphatic rings. The lowest BCUT2D eigenvalue weighted by Gasteiger charge is -2.39. The second-order valence-corrected chi connectivity index (χ2v) is 13.7. The molecule has 2 unspecified atom stereocenters. The lowest BCUT2D eigenvalue weighted by Crippen LogP contribution is -2.42. The van der Waals surface area contributed by atoms with Gasteiger partial charge in [0.05, 0.1) is 22.9 Å². The van der Waals surface area contributed by atoms with Crippen molar-refractivity contribution < 1.29 is 9.47 Å². The first-order chi connectivity index (χ1) is 23.7. The number of aromatic nitrogens is 2. The largest absolute Gasteiger partial charge is 0.466 e. The molecule has 0 saturated carbocycles. The quantitative estimate of drug-likeness (QED) is 0.166. The van der Waals surface area contributed by atoms with Crippen LogP contribution in [0.4, 0.5) is 0 Å². The summed E-state index contributed by atoms with van der Waals surface area (Å²) in [4.78, 5) is 4.91. The Bertz CT molecular complexity index is 1890. The molecule has 2 saturated heterocycles. The third-order valence-electron chi connectivity index (χ3n) is 10.7. The zero-order valence-electron chi connectivity index (χ0n) is 28.0. The maximum Gasteiger partial charge on any atom is 0.242 e. The Morgan fingerprint density at radius 3 is 1.33 bits per heavy atom. The van der Waals surface area contributed by atoms with Crippen molar-refractivity contribution in [2.45, 2.75) is 62.8 Å². The third-order valence-corrected chi connectivity index (χ3v) is 10.7. The molecule has 8 rings (SSSR count). The summed E-state index contributed by atoms with van der Waals surface area (Å²) < 4.78 is 14.2. The Balaban J connectivity index is 1.21. The molecule has 48 heavy (non-hydrogen) atoms. The molecule has 0 N–H and O–H groups in total. The van der Waals surface area contributed by atoms with Gasteiger partial charge in [-0.25, -0.2) is 0 Å². The van der Waals surface area contributed by atoms with Crippen molar-refractivity contribution in [3.05, 3.63) is 120 Å². The van der Waals surface area contributed by atoms with Crippen LogP contribution in [0.25, 0.3) is 32.3 Å². The molecule has 2 aliphatic heterocycles. The summed E-state index contributed by atoms with van der Waals surface area (Å²) in [7, 11) is 4.45. The normalized spacial score (nSPS) is 20.5. The van der Waals surface area contributed by atoms with Gasteiger partial charge in [-0.05, 0) is 86.5 Å². The third kappa shape index (κ3) is 5.88. The molecule has 244 valence electrons. The molecule has 0 bridgehead atoms. The number of piperidine rings is 2. The Morgan fingerprint density at radius 1 is 0.500 bits per heavy atom. The molecule has 0 amide bonds. The van der Waals surface area contributed by atoms with Crippen LogP contribution >= 0.6 is 0 Å². The Morgan fingerprint density at radius 2 is 0.896 bits per heavy atom. The molecule has 1 aromatic heterocycles. The fourth-order valence-electron chi connectivity index (χ4n) is 8.13. The van der Waals surface area contributed by atoms with Gasteiger partial charge in [0.15, 0.2) is 0 Å². The molecular weight excluding hydrogens is 592 g/mol. The zero-order chi connectivity index (χ0) is 32.5. The van der Waals surface area contributed by atoms with E-state index < -0.39 is 0 Å². The van der Waals surface area contributed by atoms with Gasteiger partial charge in [0.1, 0.15) is 12.2 Å². The maximum absolute atomic E-state index is 7.09. The topological polar surface area (TPSA) is 50.7 Å². The van der Waals surface area contributed by atoms with Crippen LogP contribution in [0.15, 0.2) is 109 Å². The maximum atomic E-state index is 7.09. The van der Waals surface area contributed by atoms with E-state index in [1.807, 2.05) is 0 Å². The summed E-state index contributed by atoms with van der Waals surface area (Å²) >= 11 is 0. The lowest BCUT2D eigenvalue weighted by molar-refractivity contribution is 0.0512. The fourth-order valence-corrected chi connectivity index (χ4v) is 8.13. The smallest absolute Gasteiger partial charge is 0.242 e. The van der Waals surface area contributed by atoms with E-state index in [2.05, 4.69) is 133 Å². The molecule has 0 aliphatic carbocycles. The highest BCUT2D eigenvalue weighted by Gasteiger charge is 2.35. The highest BCUT2D eigenvalue weighted by Crippen LogP contribution is 2.41. The van der Waals surface area contributed by atoms with Gasteiger partial charge < -0.3 is 9.47 Å². The molecular formula is C42H44N4O2. The Labute approximate surface area is 283 Å². The van der Waals surface area contributed by atoms with E-state index in [1.165, 1.54) is 58.4 Å². The first-order valence-corrected chi connectivity index (χ1v) is 17.6. The van der Waals surface area contributed by atoms with Crippen molar-refractivity contribution in [2.75, 3.05) is 27.2 Å². The number of ether oxygens (including phenoxy) is 2. The monoisotopic (exact) mass is 636 g/mol. The van der Waals surface area contributed by atoms with E-state index >= 15 is 0 Å². The summed E-state index contributed by atoms with van der Waals surface area (Å²) in [5.41, 5.74) is 2.38. The van der Waals surface area contributed by atoms with Gasteiger partial charge >= 0.3 is 0 Å². The van der Waals surface area contributed by atoms with Gasteiger partial charge in [-0.3, -0.25) is 9.80 Å². The van der Waals surface area contributed by atoms with Crippen molar-refractivity contribution in [3.8, 4) is 11.8 Å². The highest BCUT2D eigenvalue weighted by atomic mass is 16.5. The molecule has 6 heteroatoms. The van der Waals surface area contributed by atoms with Gasteiger partial charge in [0, 0.05) is 11.1 Å². The Kier molecular flexibility index (Phi) is 8.68.